The van der Waals surface area contributed by atoms with E-state index in [1.807, 2.05) is 24.3 Å². The van der Waals surface area contributed by atoms with Crippen molar-refractivity contribution in [2.75, 3.05) is 69.2 Å². The van der Waals surface area contributed by atoms with Crippen molar-refractivity contribution in [1.29, 1.82) is 0 Å². The van der Waals surface area contributed by atoms with E-state index in [9.17, 15) is 28.0 Å². The summed E-state index contributed by atoms with van der Waals surface area (Å²) in [5, 5.41) is 16.9. The van der Waals surface area contributed by atoms with Gasteiger partial charge < -0.3 is 25.2 Å². The number of hydrogen-bond donors (Lipinski definition) is 3. The van der Waals surface area contributed by atoms with E-state index < -0.39 is 30.0 Å². The molecule has 63 heavy (non-hydrogen) atoms. The highest BCUT2D eigenvalue weighted by Crippen LogP contribution is 2.36. The molecule has 19 heteroatoms. The number of amides is 3. The number of hydrogen-bond acceptors (Lipinski definition) is 11. The number of imide groups is 1. The molecule has 0 bridgehead atoms. The van der Waals surface area contributed by atoms with Crippen LogP contribution in [-0.4, -0.2) is 115 Å². The lowest BCUT2D eigenvalue weighted by Gasteiger charge is -2.36. The molecular weight excluding hydrogens is 815 g/mol. The van der Waals surface area contributed by atoms with Gasteiger partial charge in [0.15, 0.2) is 11.3 Å². The number of benzene rings is 1. The van der Waals surface area contributed by atoms with Gasteiger partial charge in [-0.05, 0) is 106 Å². The Bertz CT molecular complexity index is 2510. The van der Waals surface area contributed by atoms with Crippen LogP contribution in [0.15, 0.2) is 47.7 Å². The molecule has 336 valence electrons. The number of imidazole rings is 1. The number of alkyl halides is 2. The molecule has 3 aliphatic heterocycles. The van der Waals surface area contributed by atoms with E-state index in [0.717, 1.165) is 121 Å². The van der Waals surface area contributed by atoms with E-state index in [1.54, 1.807) is 28.7 Å². The quantitative estimate of drug-likeness (QED) is 0.107. The van der Waals surface area contributed by atoms with Crippen molar-refractivity contribution in [3.63, 3.8) is 0 Å². The number of piperidine rings is 2. The highest BCUT2D eigenvalue weighted by molar-refractivity contribution is 6.08. The van der Waals surface area contributed by atoms with Gasteiger partial charge in [0.25, 0.3) is 12.3 Å². The first-order valence-electron chi connectivity index (χ1n) is 22.4. The SMILES string of the molecule is Cn1c(=O)n(C2CCC(=O)NC2=O)c2ccc(CCCOCC3CCN(CC4CCC(n5cc(NC(=O)c6cnn7ccc(N8CCNCC8)nc67)c(C(F)F)n5)CC4)CC3)cc21. The number of nitrogens with zero attached hydrogens (tertiary/aromatic N) is 9. The number of likely N-dealkylation sites (tertiary alicyclic amines) is 1. The summed E-state index contributed by atoms with van der Waals surface area (Å²) in [4.78, 5) is 60.1. The maximum Gasteiger partial charge on any atom is 0.329 e. The molecule has 17 nitrogen and oxygen atoms in total. The zero-order chi connectivity index (χ0) is 43.6. The maximum atomic E-state index is 14.3. The van der Waals surface area contributed by atoms with Crippen LogP contribution in [-0.2, 0) is 27.8 Å². The molecule has 9 rings (SSSR count). The van der Waals surface area contributed by atoms with Gasteiger partial charge in [0, 0.05) is 71.8 Å². The molecule has 7 heterocycles. The molecular formula is C44H56F2N12O5. The summed E-state index contributed by atoms with van der Waals surface area (Å²) in [6.45, 7) is 7.74. The minimum atomic E-state index is -2.84. The number of ether oxygens (including phenoxy) is 1. The highest BCUT2D eigenvalue weighted by Gasteiger charge is 2.32. The molecule has 4 fully saturated rings. The molecule has 3 saturated heterocycles. The number of nitrogens with one attached hydrogen (secondary N) is 3. The van der Waals surface area contributed by atoms with Gasteiger partial charge in [-0.1, -0.05) is 6.07 Å². The van der Waals surface area contributed by atoms with Gasteiger partial charge in [0.1, 0.15) is 17.4 Å². The molecule has 3 N–H and O–H groups in total. The van der Waals surface area contributed by atoms with Crippen molar-refractivity contribution >= 4 is 45.9 Å². The van der Waals surface area contributed by atoms with Crippen LogP contribution < -0.4 is 26.5 Å². The summed E-state index contributed by atoms with van der Waals surface area (Å²) in [6, 6.07) is 7.04. The van der Waals surface area contributed by atoms with Crippen molar-refractivity contribution in [2.45, 2.75) is 82.7 Å². The number of carbonyl (C=O) groups excluding carboxylic acids is 3. The Kier molecular flexibility index (Phi) is 12.7. The minimum absolute atomic E-state index is 0.00836. The number of halogens is 2. The van der Waals surface area contributed by atoms with Crippen LogP contribution in [0.4, 0.5) is 20.3 Å². The van der Waals surface area contributed by atoms with Gasteiger partial charge in [-0.15, -0.1) is 0 Å². The fraction of sp³-hybridized carbons (Fsp3) is 0.568. The number of carbonyl (C=O) groups is 3. The monoisotopic (exact) mass is 870 g/mol. The van der Waals surface area contributed by atoms with Crippen LogP contribution in [0.2, 0.25) is 0 Å². The van der Waals surface area contributed by atoms with E-state index in [0.29, 0.717) is 36.0 Å². The Morgan fingerprint density at radius 3 is 2.52 bits per heavy atom. The summed E-state index contributed by atoms with van der Waals surface area (Å²) >= 11 is 0. The fourth-order valence-electron chi connectivity index (χ4n) is 9.84. The van der Waals surface area contributed by atoms with Crippen LogP contribution >= 0.6 is 0 Å². The van der Waals surface area contributed by atoms with Gasteiger partial charge in [-0.25, -0.2) is 23.1 Å². The molecule has 1 unspecified atom stereocenters. The van der Waals surface area contributed by atoms with Crippen LogP contribution in [0.1, 0.15) is 97.9 Å². The van der Waals surface area contributed by atoms with Crippen molar-refractivity contribution in [2.24, 2.45) is 18.9 Å². The Labute approximate surface area is 363 Å². The number of aromatic nitrogens is 7. The van der Waals surface area contributed by atoms with Gasteiger partial charge >= 0.3 is 5.69 Å². The highest BCUT2D eigenvalue weighted by atomic mass is 19.3. The topological polar surface area (TPSA) is 178 Å². The third-order valence-corrected chi connectivity index (χ3v) is 13.5. The van der Waals surface area contributed by atoms with E-state index in [2.05, 4.69) is 35.9 Å². The lowest BCUT2D eigenvalue weighted by molar-refractivity contribution is -0.135. The average molecular weight is 871 g/mol. The predicted molar refractivity (Wildman–Crippen MR) is 231 cm³/mol. The number of piperazine rings is 1. The largest absolute Gasteiger partial charge is 0.381 e. The zero-order valence-electron chi connectivity index (χ0n) is 35.7. The normalized spacial score (nSPS) is 21.8. The average Bonchev–Trinajstić information content (AvgIpc) is 3.99. The summed E-state index contributed by atoms with van der Waals surface area (Å²) in [5.41, 5.74) is 2.42. The van der Waals surface area contributed by atoms with Crippen LogP contribution in [0.3, 0.4) is 0 Å². The third kappa shape index (κ3) is 9.27. The van der Waals surface area contributed by atoms with Gasteiger partial charge in [0.05, 0.1) is 29.0 Å². The molecule has 3 amide bonds. The number of aryl methyl sites for hydroxylation is 2. The van der Waals surface area contributed by atoms with Gasteiger partial charge in [-0.2, -0.15) is 10.2 Å². The number of rotatable bonds is 14. The summed E-state index contributed by atoms with van der Waals surface area (Å²) < 4.78 is 40.9. The predicted octanol–water partition coefficient (Wildman–Crippen LogP) is 4.25. The van der Waals surface area contributed by atoms with Gasteiger partial charge in [-0.3, -0.25) is 33.5 Å². The van der Waals surface area contributed by atoms with E-state index in [-0.39, 0.29) is 35.3 Å². The van der Waals surface area contributed by atoms with Crippen molar-refractivity contribution in [3.8, 4) is 0 Å². The summed E-state index contributed by atoms with van der Waals surface area (Å²) in [5.74, 6) is 0.489. The molecule has 1 saturated carbocycles. The smallest absolute Gasteiger partial charge is 0.329 e. The Hall–Kier alpha value is -5.53. The van der Waals surface area contributed by atoms with Crippen LogP contribution in [0, 0.1) is 11.8 Å². The van der Waals surface area contributed by atoms with E-state index in [4.69, 9.17) is 9.72 Å². The first-order valence-corrected chi connectivity index (χ1v) is 22.4. The molecule has 1 aliphatic carbocycles. The molecule has 5 aromatic rings. The number of fused-ring (bicyclic) bond motifs is 2. The van der Waals surface area contributed by atoms with E-state index in [1.165, 1.54) is 15.3 Å². The lowest BCUT2D eigenvalue weighted by Crippen LogP contribution is -2.44. The molecule has 4 aromatic heterocycles. The van der Waals surface area contributed by atoms with Crippen molar-refractivity contribution in [3.05, 3.63) is 70.2 Å². The molecule has 1 aromatic carbocycles. The second-order valence-electron chi connectivity index (χ2n) is 17.6. The second-order valence-corrected chi connectivity index (χ2v) is 17.6. The van der Waals surface area contributed by atoms with E-state index >= 15 is 0 Å². The summed E-state index contributed by atoms with van der Waals surface area (Å²) in [7, 11) is 1.71. The van der Waals surface area contributed by atoms with Crippen LogP contribution in [0.25, 0.3) is 16.7 Å². The molecule has 1 atom stereocenters. The zero-order valence-corrected chi connectivity index (χ0v) is 35.7. The molecule has 0 spiro atoms. The number of anilines is 2. The minimum Gasteiger partial charge on any atom is -0.381 e. The van der Waals surface area contributed by atoms with Crippen LogP contribution in [0.5, 0.6) is 0 Å². The Morgan fingerprint density at radius 2 is 1.76 bits per heavy atom. The first-order chi connectivity index (χ1) is 30.6. The third-order valence-electron chi connectivity index (χ3n) is 13.5. The fourth-order valence-corrected chi connectivity index (χ4v) is 9.84. The molecule has 0 radical (unpaired) electrons. The maximum absolute atomic E-state index is 14.3. The second kappa shape index (κ2) is 18.7. The lowest BCUT2D eigenvalue weighted by atomic mass is 9.85. The van der Waals surface area contributed by atoms with Crippen molar-refractivity contribution < 1.29 is 27.9 Å². The van der Waals surface area contributed by atoms with Crippen molar-refractivity contribution in [1.82, 2.24) is 49.0 Å². The Balaban J connectivity index is 0.701. The first kappa shape index (κ1) is 42.8. The van der Waals surface area contributed by atoms with Gasteiger partial charge in [0.2, 0.25) is 11.8 Å². The standard InChI is InChI=1S/C44H56F2N12O5/c1-53-36-23-28(6-9-34(36)58(44(53)62)35-10-11-38(59)51-43(35)61)3-2-22-63-27-30-12-17-54(18-13-30)25-29-4-7-31(8-5-29)57-26-33(39(52-57)40(45)46)49-42(60)32-24-48-56-19-14-37(50-41(32)56)55-20-15-47-16-21-55/h6,9,14,19,23-24,26,29-31,35,40,47H,2-5,7-8,10-13,15-18,20-22,25,27H2,1H3,(H,49,60)(H,51,59,61). The molecule has 4 aliphatic rings. The Morgan fingerprint density at radius 1 is 0.968 bits per heavy atom. The summed E-state index contributed by atoms with van der Waals surface area (Å²) in [6.07, 6.45) is 9.86.